The van der Waals surface area contributed by atoms with Crippen LogP contribution in [-0.4, -0.2) is 79.2 Å². The van der Waals surface area contributed by atoms with E-state index in [1.165, 1.54) is 11.8 Å². The Balaban J connectivity index is 1.20. The smallest absolute Gasteiger partial charge is 0.409 e. The highest BCUT2D eigenvalue weighted by Gasteiger charge is 2.26. The van der Waals surface area contributed by atoms with Gasteiger partial charge in [0.15, 0.2) is 5.76 Å². The molecule has 1 aromatic heterocycles. The number of hydrogen-bond acceptors (Lipinski definition) is 6. The van der Waals surface area contributed by atoms with Crippen molar-refractivity contribution in [2.24, 2.45) is 5.92 Å². The highest BCUT2D eigenvalue weighted by molar-refractivity contribution is 5.91. The number of piperidine rings is 1. The van der Waals surface area contributed by atoms with E-state index in [9.17, 15) is 9.59 Å². The topological polar surface area (TPSA) is 75.5 Å². The summed E-state index contributed by atoms with van der Waals surface area (Å²) in [5.41, 5.74) is 1.22. The third kappa shape index (κ3) is 6.28. The zero-order chi connectivity index (χ0) is 23.0. The number of benzene rings is 1. The van der Waals surface area contributed by atoms with Gasteiger partial charge < -0.3 is 23.7 Å². The van der Waals surface area contributed by atoms with Crippen molar-refractivity contribution < 1.29 is 23.5 Å². The molecular formula is C25H33N3O5. The summed E-state index contributed by atoms with van der Waals surface area (Å²) in [4.78, 5) is 30.3. The molecule has 2 saturated heterocycles. The fourth-order valence-corrected chi connectivity index (χ4v) is 4.41. The van der Waals surface area contributed by atoms with E-state index in [2.05, 4.69) is 17.0 Å². The Bertz CT molecular complexity index is 891. The summed E-state index contributed by atoms with van der Waals surface area (Å²) in [5, 5.41) is 0. The Morgan fingerprint density at radius 3 is 2.52 bits per heavy atom. The first-order valence-corrected chi connectivity index (χ1v) is 11.8. The number of furan rings is 1. The minimum Gasteiger partial charge on any atom is -0.493 e. The van der Waals surface area contributed by atoms with E-state index >= 15 is 0 Å². The van der Waals surface area contributed by atoms with Crippen molar-refractivity contribution in [3.8, 4) is 5.75 Å². The van der Waals surface area contributed by atoms with Crippen LogP contribution in [0.5, 0.6) is 5.75 Å². The Hall–Kier alpha value is -3.00. The molecule has 0 saturated carbocycles. The maximum atomic E-state index is 12.5. The van der Waals surface area contributed by atoms with Gasteiger partial charge in [0.1, 0.15) is 5.75 Å². The van der Waals surface area contributed by atoms with Gasteiger partial charge >= 0.3 is 6.09 Å². The zero-order valence-electron chi connectivity index (χ0n) is 19.3. The molecule has 2 aromatic rings. The Morgan fingerprint density at radius 2 is 1.82 bits per heavy atom. The van der Waals surface area contributed by atoms with E-state index < -0.39 is 0 Å². The third-order valence-corrected chi connectivity index (χ3v) is 6.25. The van der Waals surface area contributed by atoms with E-state index in [0.717, 1.165) is 44.8 Å². The van der Waals surface area contributed by atoms with Gasteiger partial charge in [0.2, 0.25) is 0 Å². The zero-order valence-corrected chi connectivity index (χ0v) is 19.3. The number of likely N-dealkylation sites (tertiary alicyclic amines) is 1. The lowest BCUT2D eigenvalue weighted by Crippen LogP contribution is -2.48. The van der Waals surface area contributed by atoms with Crippen LogP contribution in [0.25, 0.3) is 0 Å². The van der Waals surface area contributed by atoms with Crippen LogP contribution >= 0.6 is 0 Å². The summed E-state index contributed by atoms with van der Waals surface area (Å²) >= 11 is 0. The molecule has 3 heterocycles. The average molecular weight is 456 g/mol. The molecular weight excluding hydrogens is 422 g/mol. The van der Waals surface area contributed by atoms with Crippen LogP contribution in [0.15, 0.2) is 47.1 Å². The summed E-state index contributed by atoms with van der Waals surface area (Å²) in [6.07, 6.45) is 3.34. The number of carbonyl (C=O) groups excluding carboxylic acids is 2. The highest BCUT2D eigenvalue weighted by atomic mass is 16.6. The number of nitrogens with zero attached hydrogens (tertiary/aromatic N) is 3. The minimum atomic E-state index is -0.218. The second-order valence-corrected chi connectivity index (χ2v) is 8.65. The molecule has 4 rings (SSSR count). The fourth-order valence-electron chi connectivity index (χ4n) is 4.41. The molecule has 0 bridgehead atoms. The van der Waals surface area contributed by atoms with Crippen LogP contribution in [0.4, 0.5) is 4.79 Å². The molecule has 2 fully saturated rings. The van der Waals surface area contributed by atoms with Gasteiger partial charge in [0.25, 0.3) is 5.91 Å². The van der Waals surface area contributed by atoms with Crippen molar-refractivity contribution in [3.05, 3.63) is 54.0 Å². The monoisotopic (exact) mass is 455 g/mol. The normalized spacial score (nSPS) is 19.4. The molecule has 1 aromatic carbocycles. The molecule has 0 N–H and O–H groups in total. The third-order valence-electron chi connectivity index (χ3n) is 6.25. The molecule has 8 nitrogen and oxygen atoms in total. The van der Waals surface area contributed by atoms with Crippen molar-refractivity contribution in [1.82, 2.24) is 14.7 Å². The lowest BCUT2D eigenvalue weighted by Gasteiger charge is -2.34. The summed E-state index contributed by atoms with van der Waals surface area (Å²) in [6.45, 7) is 8.21. The van der Waals surface area contributed by atoms with Gasteiger partial charge in [-0.25, -0.2) is 4.79 Å². The standard InChI is InChI=1S/C25H33N3O5/c1-2-31-25(30)27-14-12-26(13-15-27)17-20-7-9-22(10-8-20)33-19-21-5-3-11-28(18-21)24(29)23-6-4-16-32-23/h4,6-10,16,21H,2-3,5,11-15,17-19H2,1H3. The van der Waals surface area contributed by atoms with E-state index in [0.29, 0.717) is 44.5 Å². The van der Waals surface area contributed by atoms with E-state index in [4.69, 9.17) is 13.9 Å². The summed E-state index contributed by atoms with van der Waals surface area (Å²) in [6, 6.07) is 11.7. The molecule has 8 heteroatoms. The van der Waals surface area contributed by atoms with Crippen molar-refractivity contribution >= 4 is 12.0 Å². The van der Waals surface area contributed by atoms with Crippen molar-refractivity contribution in [1.29, 1.82) is 0 Å². The second kappa shape index (κ2) is 11.2. The maximum absolute atomic E-state index is 12.5. The van der Waals surface area contributed by atoms with E-state index in [-0.39, 0.29) is 12.0 Å². The SMILES string of the molecule is CCOC(=O)N1CCN(Cc2ccc(OCC3CCCN(C(=O)c4ccco4)C3)cc2)CC1. The Kier molecular flexibility index (Phi) is 7.88. The first-order chi connectivity index (χ1) is 16.1. The molecule has 2 aliphatic heterocycles. The van der Waals surface area contributed by atoms with Crippen LogP contribution in [0.1, 0.15) is 35.9 Å². The lowest BCUT2D eigenvalue weighted by molar-refractivity contribution is 0.0602. The Labute approximate surface area is 195 Å². The Morgan fingerprint density at radius 1 is 1.03 bits per heavy atom. The largest absolute Gasteiger partial charge is 0.493 e. The van der Waals surface area contributed by atoms with Gasteiger partial charge in [0.05, 0.1) is 19.5 Å². The number of amides is 2. The molecule has 0 aliphatic carbocycles. The number of piperazine rings is 1. The van der Waals surface area contributed by atoms with E-state index in [1.807, 2.05) is 24.0 Å². The quantitative estimate of drug-likeness (QED) is 0.636. The van der Waals surface area contributed by atoms with Gasteiger partial charge in [-0.1, -0.05) is 12.1 Å². The summed E-state index contributed by atoms with van der Waals surface area (Å²) in [7, 11) is 0. The molecule has 1 unspecified atom stereocenters. The number of ether oxygens (including phenoxy) is 2. The molecule has 0 radical (unpaired) electrons. The molecule has 33 heavy (non-hydrogen) atoms. The van der Waals surface area contributed by atoms with Gasteiger partial charge in [0, 0.05) is 51.7 Å². The molecule has 2 aliphatic rings. The van der Waals surface area contributed by atoms with Crippen LogP contribution in [0, 0.1) is 5.92 Å². The van der Waals surface area contributed by atoms with Crippen LogP contribution in [-0.2, 0) is 11.3 Å². The van der Waals surface area contributed by atoms with Gasteiger partial charge in [-0.3, -0.25) is 9.69 Å². The molecule has 2 amide bonds. The maximum Gasteiger partial charge on any atom is 0.409 e. The minimum absolute atomic E-state index is 0.0443. The number of carbonyl (C=O) groups is 2. The molecule has 1 atom stereocenters. The summed E-state index contributed by atoms with van der Waals surface area (Å²) < 4.78 is 16.4. The first kappa shape index (κ1) is 23.2. The molecule has 178 valence electrons. The highest BCUT2D eigenvalue weighted by Crippen LogP contribution is 2.21. The van der Waals surface area contributed by atoms with Crippen molar-refractivity contribution in [2.45, 2.75) is 26.3 Å². The number of rotatable bonds is 7. The van der Waals surface area contributed by atoms with Crippen molar-refractivity contribution in [3.63, 3.8) is 0 Å². The lowest BCUT2D eigenvalue weighted by atomic mass is 9.98. The predicted octanol–water partition coefficient (Wildman–Crippen LogP) is 3.48. The summed E-state index contributed by atoms with van der Waals surface area (Å²) in [5.74, 6) is 1.51. The number of hydrogen-bond donors (Lipinski definition) is 0. The first-order valence-electron chi connectivity index (χ1n) is 11.8. The van der Waals surface area contributed by atoms with Crippen LogP contribution < -0.4 is 4.74 Å². The van der Waals surface area contributed by atoms with Gasteiger partial charge in [-0.2, -0.15) is 0 Å². The average Bonchev–Trinajstić information content (AvgIpc) is 3.39. The van der Waals surface area contributed by atoms with Gasteiger partial charge in [-0.15, -0.1) is 0 Å². The van der Waals surface area contributed by atoms with Crippen LogP contribution in [0.2, 0.25) is 0 Å². The predicted molar refractivity (Wildman–Crippen MR) is 123 cm³/mol. The van der Waals surface area contributed by atoms with E-state index in [1.54, 1.807) is 17.0 Å². The van der Waals surface area contributed by atoms with Gasteiger partial charge in [-0.05, 0) is 49.6 Å². The second-order valence-electron chi connectivity index (χ2n) is 8.65. The fraction of sp³-hybridized carbons (Fsp3) is 0.520. The molecule has 0 spiro atoms. The van der Waals surface area contributed by atoms with Crippen molar-refractivity contribution in [2.75, 3.05) is 52.5 Å². The van der Waals surface area contributed by atoms with Crippen LogP contribution in [0.3, 0.4) is 0 Å².